The van der Waals surface area contributed by atoms with Gasteiger partial charge in [0, 0.05) is 131 Å². The molecule has 3 N–H and O–H groups in total. The van der Waals surface area contributed by atoms with Crippen molar-refractivity contribution >= 4 is 83.9 Å². The second-order valence-corrected chi connectivity index (χ2v) is 19.2. The number of methoxy groups -OCH3 is 1. The van der Waals surface area contributed by atoms with Crippen molar-refractivity contribution in [2.75, 3.05) is 24.3 Å². The van der Waals surface area contributed by atoms with Crippen LogP contribution in [0.5, 0.6) is 5.75 Å². The number of hydrogen-bond acceptors (Lipinski definition) is 14. The number of nitrogens with one attached hydrogen (secondary N) is 3. The fourth-order valence-corrected chi connectivity index (χ4v) is 9.49. The van der Waals surface area contributed by atoms with Crippen LogP contribution in [0.2, 0.25) is 0 Å². The molecule has 0 unspecified atom stereocenters. The van der Waals surface area contributed by atoms with Crippen LogP contribution in [-0.2, 0) is 53.5 Å². The molecule has 0 spiro atoms. The number of ether oxygens (including phenoxy) is 1. The van der Waals surface area contributed by atoms with Gasteiger partial charge in [-0.3, -0.25) is 44.3 Å². The molecule has 1 aliphatic rings. The number of imidazole rings is 2. The molecule has 20 nitrogen and oxygen atoms in total. The minimum atomic E-state index is -0.425. The van der Waals surface area contributed by atoms with Gasteiger partial charge in [-0.05, 0) is 136 Å². The van der Waals surface area contributed by atoms with Crippen LogP contribution in [0.4, 0.5) is 11.5 Å². The van der Waals surface area contributed by atoms with Crippen LogP contribution >= 0.6 is 0 Å². The van der Waals surface area contributed by atoms with E-state index in [0.717, 1.165) is 96.0 Å². The summed E-state index contributed by atoms with van der Waals surface area (Å²) in [5, 5.41) is 12.2. The van der Waals surface area contributed by atoms with Gasteiger partial charge in [0.1, 0.15) is 17.0 Å². The Kier molecular flexibility index (Phi) is 17.8. The molecule has 2 aromatic carbocycles. The van der Waals surface area contributed by atoms with E-state index in [2.05, 4.69) is 81.8 Å². The van der Waals surface area contributed by atoms with Crippen molar-refractivity contribution in [2.24, 2.45) is 21.1 Å². The number of nitrogens with zero attached hydrogens (tertiary/aromatic N) is 13. The minimum Gasteiger partial charge on any atom is -0.496 e. The van der Waals surface area contributed by atoms with Crippen LogP contribution in [0, 0.1) is 13.8 Å². The first-order valence-corrected chi connectivity index (χ1v) is 26.3. The Labute approximate surface area is 484 Å². The largest absolute Gasteiger partial charge is 0.496 e. The molecule has 1 aliphatic carbocycles. The fraction of sp³-hybridized carbons (Fsp3) is 0.197. The van der Waals surface area contributed by atoms with Gasteiger partial charge in [0.25, 0.3) is 17.7 Å². The molecule has 10 heterocycles. The van der Waals surface area contributed by atoms with E-state index in [0.29, 0.717) is 17.9 Å². The second kappa shape index (κ2) is 25.6. The quantitative estimate of drug-likeness (QED) is 0.0948. The number of aromatic nitrogens is 13. The molecule has 0 fully saturated rings. The van der Waals surface area contributed by atoms with Crippen molar-refractivity contribution in [1.29, 1.82) is 0 Å². The molecule has 21 heteroatoms. The Morgan fingerprint density at radius 3 is 1.65 bits per heavy atom. The van der Waals surface area contributed by atoms with Crippen molar-refractivity contribution in [2.45, 2.75) is 46.5 Å². The van der Waals surface area contributed by atoms with E-state index < -0.39 is 5.91 Å². The molecule has 0 aliphatic heterocycles. The van der Waals surface area contributed by atoms with Gasteiger partial charge in [0.2, 0.25) is 5.82 Å². The molecule has 0 saturated carbocycles. The van der Waals surface area contributed by atoms with Crippen LogP contribution in [0.1, 0.15) is 74.0 Å². The number of carbonyl (C=O) groups is 3. The van der Waals surface area contributed by atoms with Crippen molar-refractivity contribution in [3.8, 4) is 17.1 Å². The summed E-state index contributed by atoms with van der Waals surface area (Å²) in [6.07, 6.45) is 21.7. The zero-order valence-electron chi connectivity index (χ0n) is 46.2. The molecular formula is C61H58N16O4Ru. The van der Waals surface area contributed by atoms with Crippen molar-refractivity contribution in [1.82, 2.24) is 68.9 Å². The summed E-state index contributed by atoms with van der Waals surface area (Å²) in [6, 6.07) is 27.5. The molecule has 12 aromatic rings. The van der Waals surface area contributed by atoms with Crippen LogP contribution in [-0.4, -0.2) is 94.9 Å². The van der Waals surface area contributed by atoms with E-state index >= 15 is 0 Å². The van der Waals surface area contributed by atoms with Crippen molar-refractivity contribution < 1.29 is 38.6 Å². The first-order chi connectivity index (χ1) is 39.4. The molecule has 0 bridgehead atoms. The van der Waals surface area contributed by atoms with E-state index in [1.165, 1.54) is 34.7 Å². The predicted octanol–water partition coefficient (Wildman–Crippen LogP) is 9.90. The van der Waals surface area contributed by atoms with E-state index in [1.54, 1.807) is 74.4 Å². The number of fused-ring (bicyclic) bond motifs is 10. The van der Waals surface area contributed by atoms with Crippen molar-refractivity contribution in [3.63, 3.8) is 0 Å². The molecule has 0 saturated heterocycles. The molecule has 82 heavy (non-hydrogen) atoms. The van der Waals surface area contributed by atoms with Gasteiger partial charge in [-0.15, -0.1) is 0 Å². The minimum absolute atomic E-state index is 0. The SMILES string of the molecule is CCNC(=O)c1nc(NC(=O)c2cc(NC(=O)c3nccn3C)cn2C)cn1C.COc1cc2cccnc2c2ncccc12.Cc1ccnc(-c2cc(C)ccn2)c1.[Ru].c1cnc2c(c1)c1nc3c(nc1c1cccnc12)CCCC3. The smallest absolute Gasteiger partial charge is 0.291 e. The van der Waals surface area contributed by atoms with E-state index in [1.807, 2.05) is 98.4 Å². The van der Waals surface area contributed by atoms with Gasteiger partial charge < -0.3 is 34.4 Å². The predicted molar refractivity (Wildman–Crippen MR) is 313 cm³/mol. The van der Waals surface area contributed by atoms with Gasteiger partial charge in [0.15, 0.2) is 11.6 Å². The number of carbonyl (C=O) groups excluding carboxylic acids is 3. The Bertz CT molecular complexity index is 4180. The summed E-state index contributed by atoms with van der Waals surface area (Å²) in [7, 11) is 6.74. The van der Waals surface area contributed by atoms with E-state index in [9.17, 15) is 14.4 Å². The zero-order chi connectivity index (χ0) is 56.6. The first kappa shape index (κ1) is 57.0. The molecule has 0 atom stereocenters. The maximum atomic E-state index is 12.6. The standard InChI is InChI=1S/C18H22N8O3.C18H14N4.C13H10N2O.C12H12N2.Ru/c1-5-19-17(28)15-22-13(10-26(15)4)23-16(27)12-8-11(9-25(12)3)21-18(29)14-20-6-7-24(14)2;1-2-8-14-13(7-1)21-17-11-5-3-9-19-15(11)16-12(18(17)22-14)6-4-10-20-16;1-16-11-8-9-4-2-6-14-12(9)13-10(11)5-3-7-15-13;1-9-3-5-13-11(7-9)12-8-10(2)4-6-14-12;/h6-10H,5H2,1-4H3,(H,19,28)(H,21,29)(H,23,27);3-6,9-10H,1-2,7-8H2;2-8H,1H3;3-8H,1-2H3;. The Morgan fingerprint density at radius 2 is 1.10 bits per heavy atom. The van der Waals surface area contributed by atoms with Gasteiger partial charge in [-0.1, -0.05) is 6.07 Å². The fourth-order valence-electron chi connectivity index (χ4n) is 9.49. The molecule has 3 amide bonds. The number of amides is 3. The third-order valence-corrected chi connectivity index (χ3v) is 13.4. The number of anilines is 2. The first-order valence-electron chi connectivity index (χ1n) is 26.3. The molecular weight excluding hydrogens is 1120 g/mol. The number of aryl methyl sites for hydroxylation is 7. The summed E-state index contributed by atoms with van der Waals surface area (Å²) in [4.78, 5) is 81.3. The second-order valence-electron chi connectivity index (χ2n) is 19.2. The number of pyridine rings is 6. The maximum absolute atomic E-state index is 12.6. The summed E-state index contributed by atoms with van der Waals surface area (Å²) >= 11 is 0. The average Bonchev–Trinajstić information content (AvgIpc) is 4.35. The Balaban J connectivity index is 0.000000136. The molecule has 13 rings (SSSR count). The van der Waals surface area contributed by atoms with E-state index in [-0.39, 0.29) is 48.8 Å². The van der Waals surface area contributed by atoms with Crippen LogP contribution in [0.25, 0.3) is 66.0 Å². The molecule has 0 radical (unpaired) electrons. The van der Waals surface area contributed by atoms with Gasteiger partial charge in [-0.2, -0.15) is 0 Å². The Morgan fingerprint density at radius 1 is 0.537 bits per heavy atom. The number of hydrogen-bond donors (Lipinski definition) is 3. The summed E-state index contributed by atoms with van der Waals surface area (Å²) < 4.78 is 10.1. The number of benzene rings is 2. The van der Waals surface area contributed by atoms with Crippen molar-refractivity contribution in [3.05, 3.63) is 187 Å². The normalized spacial score (nSPS) is 11.5. The summed E-state index contributed by atoms with van der Waals surface area (Å²) in [5.41, 5.74) is 12.9. The number of rotatable bonds is 8. The molecule has 414 valence electrons. The summed E-state index contributed by atoms with van der Waals surface area (Å²) in [5.74, 6) is 0.399. The third-order valence-electron chi connectivity index (χ3n) is 13.4. The molecule has 10 aromatic heterocycles. The topological polar surface area (TPSA) is 240 Å². The van der Waals surface area contributed by atoms with Gasteiger partial charge in [0.05, 0.1) is 63.2 Å². The average molecular weight is 1180 g/mol. The van der Waals surface area contributed by atoms with Crippen LogP contribution < -0.4 is 20.7 Å². The van der Waals surface area contributed by atoms with Gasteiger partial charge >= 0.3 is 0 Å². The van der Waals surface area contributed by atoms with Gasteiger partial charge in [-0.25, -0.2) is 19.9 Å². The zero-order valence-corrected chi connectivity index (χ0v) is 47.9. The maximum Gasteiger partial charge on any atom is 0.291 e. The van der Waals surface area contributed by atoms with Crippen LogP contribution in [0.15, 0.2) is 147 Å². The summed E-state index contributed by atoms with van der Waals surface area (Å²) in [6.45, 7) is 6.40. The third kappa shape index (κ3) is 12.5. The Hall–Kier alpha value is -9.75. The van der Waals surface area contributed by atoms with Crippen LogP contribution in [0.3, 0.4) is 0 Å². The van der Waals surface area contributed by atoms with E-state index in [4.69, 9.17) is 14.7 Å². The monoisotopic (exact) mass is 1180 g/mol.